The predicted molar refractivity (Wildman–Crippen MR) is 56.2 cm³/mol. The van der Waals surface area contributed by atoms with E-state index in [2.05, 4.69) is 6.07 Å². The number of benzene rings is 1. The summed E-state index contributed by atoms with van der Waals surface area (Å²) in [7, 11) is 6.00. The van der Waals surface area contributed by atoms with E-state index in [-0.39, 0.29) is 0 Å². The maximum absolute atomic E-state index is 8.48. The normalized spacial score (nSPS) is 8.62. The van der Waals surface area contributed by atoms with Gasteiger partial charge >= 0.3 is 67.3 Å². The first kappa shape index (κ1) is 12.5. The maximum atomic E-state index is 8.48. The van der Waals surface area contributed by atoms with Crippen LogP contribution < -0.4 is 3.58 Å². The molecule has 0 atom stereocenters. The Kier molecular flexibility index (Phi) is 6.65. The molecule has 0 aromatic heterocycles. The van der Waals surface area contributed by atoms with E-state index in [1.54, 1.807) is 0 Å². The van der Waals surface area contributed by atoms with Crippen LogP contribution in [-0.4, -0.2) is 48.6 Å². The first-order valence-electron chi connectivity index (χ1n) is 3.89. The third kappa shape index (κ3) is 6.61. The molecular formula is C10H13N2Sn. The second kappa shape index (κ2) is 6.93. The molecule has 3 radical (unpaired) electrons. The van der Waals surface area contributed by atoms with Gasteiger partial charge in [-0.15, -0.1) is 0 Å². The summed E-state index contributed by atoms with van der Waals surface area (Å²) in [5, 5.41) is 8.48. The third-order valence-electron chi connectivity index (χ3n) is 1.05. The van der Waals surface area contributed by atoms with Gasteiger partial charge < -0.3 is 4.90 Å². The van der Waals surface area contributed by atoms with E-state index in [1.165, 1.54) is 22.5 Å². The molecule has 0 amide bonds. The molecule has 0 spiro atoms. The van der Waals surface area contributed by atoms with Crippen molar-refractivity contribution >= 4 is 26.1 Å². The van der Waals surface area contributed by atoms with Crippen molar-refractivity contribution in [2.75, 3.05) is 21.1 Å². The molecule has 2 nitrogen and oxygen atoms in total. The van der Waals surface area contributed by atoms with Crippen LogP contribution in [0.1, 0.15) is 5.56 Å². The quantitative estimate of drug-likeness (QED) is 0.648. The first-order valence-corrected chi connectivity index (χ1v) is 5.32. The van der Waals surface area contributed by atoms with Crippen LogP contribution in [0.5, 0.6) is 0 Å². The van der Waals surface area contributed by atoms with Crippen molar-refractivity contribution in [3.05, 3.63) is 29.8 Å². The second-order valence-corrected chi connectivity index (χ2v) is 4.54. The average Bonchev–Trinajstić information content (AvgIpc) is 2.04. The van der Waals surface area contributed by atoms with Crippen LogP contribution in [0.15, 0.2) is 24.3 Å². The Morgan fingerprint density at radius 2 is 1.69 bits per heavy atom. The van der Waals surface area contributed by atoms with Crippen LogP contribution in [-0.2, 0) is 0 Å². The summed E-state index contributed by atoms with van der Waals surface area (Å²) in [6.07, 6.45) is 0. The van der Waals surface area contributed by atoms with Gasteiger partial charge in [0.05, 0.1) is 0 Å². The summed E-state index contributed by atoms with van der Waals surface area (Å²) < 4.78 is 1.13. The van der Waals surface area contributed by atoms with Gasteiger partial charge in [0, 0.05) is 0 Å². The van der Waals surface area contributed by atoms with Crippen molar-refractivity contribution in [1.82, 2.24) is 4.90 Å². The van der Waals surface area contributed by atoms with Gasteiger partial charge in [0.2, 0.25) is 0 Å². The fraction of sp³-hybridized carbons (Fsp3) is 0.300. The fourth-order valence-electron chi connectivity index (χ4n) is 0.581. The summed E-state index contributed by atoms with van der Waals surface area (Å²) in [5.41, 5.74) is 0.802. The summed E-state index contributed by atoms with van der Waals surface area (Å²) >= 11 is 1.30. The molecule has 0 fully saturated rings. The molecule has 0 saturated carbocycles. The van der Waals surface area contributed by atoms with Gasteiger partial charge in [0.1, 0.15) is 0 Å². The number of hydrogen-bond acceptors (Lipinski definition) is 2. The Labute approximate surface area is 93.3 Å². The van der Waals surface area contributed by atoms with E-state index >= 15 is 0 Å². The van der Waals surface area contributed by atoms with Crippen LogP contribution >= 0.6 is 0 Å². The second-order valence-electron chi connectivity index (χ2n) is 3.00. The summed E-state index contributed by atoms with van der Waals surface area (Å²) in [4.78, 5) is 2.00. The molecular weight excluding hydrogens is 267 g/mol. The van der Waals surface area contributed by atoms with Crippen LogP contribution in [0.25, 0.3) is 0 Å². The van der Waals surface area contributed by atoms with Gasteiger partial charge in [-0.2, -0.15) is 0 Å². The Morgan fingerprint density at radius 3 is 2.00 bits per heavy atom. The molecule has 1 aromatic carbocycles. The van der Waals surface area contributed by atoms with Crippen LogP contribution in [0.4, 0.5) is 0 Å². The average molecular weight is 280 g/mol. The van der Waals surface area contributed by atoms with Gasteiger partial charge in [-0.3, -0.25) is 0 Å². The Morgan fingerprint density at radius 1 is 1.23 bits per heavy atom. The first-order chi connectivity index (χ1) is 6.07. The monoisotopic (exact) mass is 281 g/mol. The zero-order valence-electron chi connectivity index (χ0n) is 8.20. The van der Waals surface area contributed by atoms with Crippen molar-refractivity contribution in [3.8, 4) is 6.07 Å². The van der Waals surface area contributed by atoms with Crippen molar-refractivity contribution in [2.24, 2.45) is 0 Å². The summed E-state index contributed by atoms with van der Waals surface area (Å²) in [5.74, 6) is 0. The van der Waals surface area contributed by atoms with E-state index in [0.29, 0.717) is 0 Å². The molecule has 0 saturated heterocycles. The Hall–Kier alpha value is -0.531. The van der Waals surface area contributed by atoms with Gasteiger partial charge in [0.25, 0.3) is 0 Å². The number of hydrogen-bond donors (Lipinski definition) is 0. The van der Waals surface area contributed by atoms with Crippen molar-refractivity contribution in [2.45, 2.75) is 0 Å². The topological polar surface area (TPSA) is 27.0 Å². The predicted octanol–water partition coefficient (Wildman–Crippen LogP) is 0.530. The van der Waals surface area contributed by atoms with E-state index in [9.17, 15) is 0 Å². The molecule has 0 aliphatic carbocycles. The molecule has 1 rings (SSSR count). The van der Waals surface area contributed by atoms with Gasteiger partial charge in [-0.05, 0) is 21.1 Å². The molecule has 0 bridgehead atoms. The minimum atomic E-state index is 0.802. The van der Waals surface area contributed by atoms with E-state index in [1.807, 2.05) is 50.3 Å². The Balaban J connectivity index is 0.000000310. The number of nitrogens with zero attached hydrogens (tertiary/aromatic N) is 2. The number of nitriles is 1. The van der Waals surface area contributed by atoms with Crippen LogP contribution in [0.2, 0.25) is 0 Å². The van der Waals surface area contributed by atoms with E-state index in [4.69, 9.17) is 5.26 Å². The molecule has 0 aliphatic heterocycles. The van der Waals surface area contributed by atoms with Gasteiger partial charge in [-0.25, -0.2) is 0 Å². The molecule has 1 aromatic rings. The molecule has 13 heavy (non-hydrogen) atoms. The van der Waals surface area contributed by atoms with E-state index in [0.717, 1.165) is 9.14 Å². The zero-order chi connectivity index (χ0) is 10.3. The van der Waals surface area contributed by atoms with Crippen LogP contribution in [0.3, 0.4) is 0 Å². The molecule has 0 N–H and O–H groups in total. The van der Waals surface area contributed by atoms with Crippen LogP contribution in [0, 0.1) is 11.3 Å². The molecule has 0 unspecified atom stereocenters. The summed E-state index contributed by atoms with van der Waals surface area (Å²) in [6.45, 7) is 0. The zero-order valence-corrected chi connectivity index (χ0v) is 11.1. The minimum absolute atomic E-state index is 0.802. The molecule has 67 valence electrons. The van der Waals surface area contributed by atoms with Crippen molar-refractivity contribution < 1.29 is 0 Å². The van der Waals surface area contributed by atoms with E-state index < -0.39 is 0 Å². The summed E-state index contributed by atoms with van der Waals surface area (Å²) in [6, 6.07) is 9.75. The molecule has 3 heteroatoms. The molecule has 0 aliphatic rings. The van der Waals surface area contributed by atoms with Gasteiger partial charge in [0.15, 0.2) is 0 Å². The standard InChI is InChI=1S/C7H4N.C3H9N.Sn/c8-6-7-4-2-1-3-5-7;1-4(2)3;/h1-4H;1-3H3;. The Bertz CT molecular complexity index is 286. The van der Waals surface area contributed by atoms with Crippen molar-refractivity contribution in [1.29, 1.82) is 5.26 Å². The SMILES string of the molecule is CN(C)C.N#Cc1cccc[c]1[Sn]. The fourth-order valence-corrected chi connectivity index (χ4v) is 1.25. The third-order valence-corrected chi connectivity index (χ3v) is 2.29. The van der Waals surface area contributed by atoms with Crippen molar-refractivity contribution in [3.63, 3.8) is 0 Å². The number of rotatable bonds is 0. The molecule has 0 heterocycles. The van der Waals surface area contributed by atoms with Gasteiger partial charge in [-0.1, -0.05) is 0 Å².